The Morgan fingerprint density at radius 3 is 2.55 bits per heavy atom. The van der Waals surface area contributed by atoms with E-state index in [0.717, 1.165) is 17.1 Å². The topological polar surface area (TPSA) is 66.5 Å². The number of hydrogen-bond acceptors (Lipinski definition) is 5. The molecule has 2 N–H and O–H groups in total. The van der Waals surface area contributed by atoms with Crippen molar-refractivity contribution in [2.75, 3.05) is 24.3 Å². The quantitative estimate of drug-likeness (QED) is 0.606. The van der Waals surface area contributed by atoms with Crippen LogP contribution in [0.25, 0.3) is 0 Å². The van der Waals surface area contributed by atoms with Crippen molar-refractivity contribution in [2.24, 2.45) is 0 Å². The largest absolute Gasteiger partial charge is 0.489 e. The van der Waals surface area contributed by atoms with Crippen molar-refractivity contribution in [3.8, 4) is 5.75 Å². The van der Waals surface area contributed by atoms with Gasteiger partial charge < -0.3 is 15.0 Å². The van der Waals surface area contributed by atoms with Crippen molar-refractivity contribution in [3.05, 3.63) is 84.1 Å². The number of rotatable bonds is 6. The highest BCUT2D eigenvalue weighted by atomic mass is 32.1. The second kappa shape index (κ2) is 9.66. The molecule has 3 rings (SSSR count). The normalized spacial score (nSPS) is 10.1. The van der Waals surface area contributed by atoms with Crippen LogP contribution in [0.3, 0.4) is 0 Å². The summed E-state index contributed by atoms with van der Waals surface area (Å²) in [5.41, 5.74) is 2.24. The number of pyridine rings is 1. The highest BCUT2D eigenvalue weighted by molar-refractivity contribution is 7.80. The van der Waals surface area contributed by atoms with Crippen LogP contribution < -0.4 is 20.3 Å². The zero-order valence-electron chi connectivity index (χ0n) is 16.3. The summed E-state index contributed by atoms with van der Waals surface area (Å²) < 4.78 is 5.81. The Labute approximate surface area is 175 Å². The minimum absolute atomic E-state index is 0.201. The number of aromatic nitrogens is 1. The maximum atomic E-state index is 12.3. The van der Waals surface area contributed by atoms with Gasteiger partial charge >= 0.3 is 0 Å². The molecule has 0 saturated heterocycles. The Balaban J connectivity index is 1.55. The van der Waals surface area contributed by atoms with Crippen LogP contribution in [0.4, 0.5) is 11.5 Å². The van der Waals surface area contributed by atoms with E-state index >= 15 is 0 Å². The molecule has 3 aromatic rings. The molecular formula is C22H22N4O2S. The lowest BCUT2D eigenvalue weighted by Crippen LogP contribution is -2.34. The van der Waals surface area contributed by atoms with Gasteiger partial charge in [0.05, 0.1) is 5.56 Å². The van der Waals surface area contributed by atoms with Crippen LogP contribution >= 0.6 is 12.2 Å². The predicted octanol–water partition coefficient (Wildman–Crippen LogP) is 3.85. The van der Waals surface area contributed by atoms with Crippen molar-refractivity contribution in [1.29, 1.82) is 0 Å². The Hall–Kier alpha value is -3.45. The molecule has 1 aromatic heterocycles. The van der Waals surface area contributed by atoms with Crippen LogP contribution in [0.2, 0.25) is 0 Å². The van der Waals surface area contributed by atoms with E-state index in [4.69, 9.17) is 17.0 Å². The maximum absolute atomic E-state index is 12.3. The summed E-state index contributed by atoms with van der Waals surface area (Å²) in [6, 6.07) is 20.8. The number of carbonyl (C=O) groups is 1. The zero-order valence-corrected chi connectivity index (χ0v) is 17.1. The van der Waals surface area contributed by atoms with E-state index in [1.807, 2.05) is 73.6 Å². The van der Waals surface area contributed by atoms with Gasteiger partial charge in [-0.3, -0.25) is 10.1 Å². The van der Waals surface area contributed by atoms with Gasteiger partial charge in [0, 0.05) is 32.0 Å². The summed E-state index contributed by atoms with van der Waals surface area (Å²) in [4.78, 5) is 18.4. The van der Waals surface area contributed by atoms with Crippen LogP contribution in [0.15, 0.2) is 72.9 Å². The smallest absolute Gasteiger partial charge is 0.258 e. The minimum Gasteiger partial charge on any atom is -0.489 e. The fourth-order valence-electron chi connectivity index (χ4n) is 2.53. The van der Waals surface area contributed by atoms with Crippen LogP contribution in [0, 0.1) is 0 Å². The summed E-state index contributed by atoms with van der Waals surface area (Å²) in [5.74, 6) is 1.16. The highest BCUT2D eigenvalue weighted by Crippen LogP contribution is 2.18. The van der Waals surface area contributed by atoms with Gasteiger partial charge in [0.15, 0.2) is 5.11 Å². The molecule has 0 unspecified atom stereocenters. The standard InChI is InChI=1S/C22H22N4O2S/c1-26(2)20-12-11-17(14-23-20)21(27)25-22(29)24-18-9-6-10-19(13-18)28-15-16-7-4-3-5-8-16/h3-14H,15H2,1-2H3,(H2,24,25,27,29). The molecule has 2 aromatic carbocycles. The Bertz CT molecular complexity index is 976. The van der Waals surface area contributed by atoms with Gasteiger partial charge in [-0.05, 0) is 42.0 Å². The minimum atomic E-state index is -0.322. The molecule has 0 atom stereocenters. The maximum Gasteiger partial charge on any atom is 0.258 e. The van der Waals surface area contributed by atoms with E-state index in [1.165, 1.54) is 6.20 Å². The summed E-state index contributed by atoms with van der Waals surface area (Å²) >= 11 is 5.25. The first-order chi connectivity index (χ1) is 14.0. The Kier molecular flexibility index (Phi) is 6.76. The number of hydrogen-bond donors (Lipinski definition) is 2. The van der Waals surface area contributed by atoms with Crippen molar-refractivity contribution in [3.63, 3.8) is 0 Å². The zero-order chi connectivity index (χ0) is 20.6. The molecule has 1 amide bonds. The third-order valence-corrected chi connectivity index (χ3v) is 4.24. The Morgan fingerprint density at radius 2 is 1.86 bits per heavy atom. The number of anilines is 2. The number of ether oxygens (including phenoxy) is 1. The van der Waals surface area contributed by atoms with Crippen LogP contribution in [0.1, 0.15) is 15.9 Å². The van der Waals surface area contributed by atoms with Gasteiger partial charge in [0.1, 0.15) is 18.2 Å². The molecule has 0 aliphatic rings. The summed E-state index contributed by atoms with van der Waals surface area (Å²) in [6.45, 7) is 0.474. The lowest BCUT2D eigenvalue weighted by molar-refractivity contribution is 0.0977. The van der Waals surface area contributed by atoms with Gasteiger partial charge in [-0.25, -0.2) is 4.98 Å². The van der Waals surface area contributed by atoms with Crippen molar-refractivity contribution in [1.82, 2.24) is 10.3 Å². The van der Waals surface area contributed by atoms with E-state index in [9.17, 15) is 4.79 Å². The summed E-state index contributed by atoms with van der Waals surface area (Å²) in [5, 5.41) is 5.86. The van der Waals surface area contributed by atoms with Gasteiger partial charge in [-0.2, -0.15) is 0 Å². The Morgan fingerprint density at radius 1 is 1.07 bits per heavy atom. The lowest BCUT2D eigenvalue weighted by Gasteiger charge is -2.13. The average molecular weight is 407 g/mol. The fourth-order valence-corrected chi connectivity index (χ4v) is 2.74. The third kappa shape index (κ3) is 6.02. The van der Waals surface area contributed by atoms with Crippen LogP contribution in [-0.2, 0) is 6.61 Å². The van der Waals surface area contributed by atoms with Crippen LogP contribution in [0.5, 0.6) is 5.75 Å². The molecule has 148 valence electrons. The average Bonchev–Trinajstić information content (AvgIpc) is 2.73. The van der Waals surface area contributed by atoms with E-state index < -0.39 is 0 Å². The van der Waals surface area contributed by atoms with Gasteiger partial charge in [-0.1, -0.05) is 36.4 Å². The first-order valence-electron chi connectivity index (χ1n) is 9.04. The van der Waals surface area contributed by atoms with E-state index in [0.29, 0.717) is 17.9 Å². The second-order valence-electron chi connectivity index (χ2n) is 6.51. The molecule has 29 heavy (non-hydrogen) atoms. The number of thiocarbonyl (C=S) groups is 1. The summed E-state index contributed by atoms with van der Waals surface area (Å²) in [6.07, 6.45) is 1.52. The highest BCUT2D eigenvalue weighted by Gasteiger charge is 2.09. The predicted molar refractivity (Wildman–Crippen MR) is 119 cm³/mol. The van der Waals surface area contributed by atoms with E-state index in [-0.39, 0.29) is 11.0 Å². The SMILES string of the molecule is CN(C)c1ccc(C(=O)NC(=S)Nc2cccc(OCc3ccccc3)c2)cn1. The molecule has 0 aliphatic heterocycles. The van der Waals surface area contributed by atoms with Crippen molar-refractivity contribution >= 4 is 34.7 Å². The molecule has 1 heterocycles. The second-order valence-corrected chi connectivity index (χ2v) is 6.92. The summed E-state index contributed by atoms with van der Waals surface area (Å²) in [7, 11) is 3.78. The first kappa shape index (κ1) is 20.3. The molecule has 0 radical (unpaired) electrons. The molecular weight excluding hydrogens is 384 g/mol. The molecule has 0 aliphatic carbocycles. The van der Waals surface area contributed by atoms with E-state index in [1.54, 1.807) is 12.1 Å². The van der Waals surface area contributed by atoms with Gasteiger partial charge in [0.25, 0.3) is 5.91 Å². The molecule has 6 nitrogen and oxygen atoms in total. The number of carbonyl (C=O) groups excluding carboxylic acids is 1. The van der Waals surface area contributed by atoms with Crippen molar-refractivity contribution < 1.29 is 9.53 Å². The van der Waals surface area contributed by atoms with Crippen LogP contribution in [-0.4, -0.2) is 30.1 Å². The molecule has 0 fully saturated rings. The number of amides is 1. The van der Waals surface area contributed by atoms with E-state index in [2.05, 4.69) is 15.6 Å². The lowest BCUT2D eigenvalue weighted by atomic mass is 10.2. The van der Waals surface area contributed by atoms with Gasteiger partial charge in [-0.15, -0.1) is 0 Å². The van der Waals surface area contributed by atoms with Crippen molar-refractivity contribution in [2.45, 2.75) is 6.61 Å². The van der Waals surface area contributed by atoms with Gasteiger partial charge in [0.2, 0.25) is 0 Å². The molecule has 0 saturated carbocycles. The monoisotopic (exact) mass is 406 g/mol. The first-order valence-corrected chi connectivity index (χ1v) is 9.44. The molecule has 7 heteroatoms. The molecule has 0 bridgehead atoms. The molecule has 0 spiro atoms. The third-order valence-electron chi connectivity index (χ3n) is 4.04. The number of benzene rings is 2. The number of nitrogens with one attached hydrogen (secondary N) is 2. The number of nitrogens with zero attached hydrogens (tertiary/aromatic N) is 2. The fraction of sp³-hybridized carbons (Fsp3) is 0.136.